The lowest BCUT2D eigenvalue weighted by atomic mass is 9.92. The molecule has 0 spiro atoms. The van der Waals surface area contributed by atoms with Crippen LogP contribution in [0.25, 0.3) is 33.4 Å². The summed E-state index contributed by atoms with van der Waals surface area (Å²) in [4.78, 5) is 24.0. The first-order chi connectivity index (χ1) is 23.8. The second-order valence-electron chi connectivity index (χ2n) is 12.9. The molecule has 0 radical (unpaired) electrons. The fraction of sp³-hybridized carbons (Fsp3) is 0.500. The first-order valence-electron chi connectivity index (χ1n) is 17.3. The number of hydrogen-bond donors (Lipinski definition) is 3. The Kier molecular flexibility index (Phi) is 12.8. The molecule has 4 aromatic rings. The van der Waals surface area contributed by atoms with Gasteiger partial charge in [-0.3, -0.25) is 14.8 Å². The molecule has 0 saturated carbocycles. The summed E-state index contributed by atoms with van der Waals surface area (Å²) in [6, 6.07) is 12.9. The van der Waals surface area contributed by atoms with Gasteiger partial charge in [-0.25, -0.2) is 10.4 Å². The highest BCUT2D eigenvalue weighted by molar-refractivity contribution is 7.80. The molecule has 0 aliphatic carbocycles. The highest BCUT2D eigenvalue weighted by atomic mass is 32.1. The minimum Gasteiger partial charge on any atom is -0.375 e. The van der Waals surface area contributed by atoms with Crippen molar-refractivity contribution >= 4 is 40.8 Å². The molecular weight excluding hydrogens is 653 g/mol. The quantitative estimate of drug-likeness (QED) is 0.0695. The maximum atomic E-state index is 14.1. The SMILES string of the molecule is C#CNC(CS)C(C(=O)N1CCCCN1)C(OCC)c1nc(-c2ccc3c(c2)c(CC(C)C)c(-c2cccnc2C(C)OC)n3CC)cs1. The molecule has 1 saturated heterocycles. The van der Waals surface area contributed by atoms with E-state index in [0.717, 1.165) is 59.9 Å². The van der Waals surface area contributed by atoms with Gasteiger partial charge in [0, 0.05) is 78.8 Å². The van der Waals surface area contributed by atoms with Gasteiger partial charge in [-0.1, -0.05) is 26.3 Å². The van der Waals surface area contributed by atoms with E-state index in [4.69, 9.17) is 25.9 Å². The van der Waals surface area contributed by atoms with E-state index in [1.807, 2.05) is 26.1 Å². The Labute approximate surface area is 300 Å². The first kappa shape index (κ1) is 36.9. The van der Waals surface area contributed by atoms with E-state index in [1.165, 1.54) is 33.5 Å². The minimum atomic E-state index is -0.623. The number of hydrazine groups is 1. The average molecular weight is 703 g/mol. The Balaban J connectivity index is 1.61. The van der Waals surface area contributed by atoms with Crippen LogP contribution in [0.4, 0.5) is 0 Å². The number of thiol groups is 1. The van der Waals surface area contributed by atoms with Crippen molar-refractivity contribution in [1.82, 2.24) is 30.3 Å². The van der Waals surface area contributed by atoms with Crippen LogP contribution in [0.5, 0.6) is 0 Å². The number of nitrogens with one attached hydrogen (secondary N) is 2. The van der Waals surface area contributed by atoms with Gasteiger partial charge in [-0.2, -0.15) is 12.6 Å². The standard InChI is InChI=1S/C38H50N6O3S2/c1-8-39-30(22-48)33(38(45)44-19-12-11-18-41-44)36(47-10-3)37-42-31(23-49-37)26-15-16-32-28(21-26)29(20-24(4)5)35(43(32)9-2)27-14-13-17-40-34(27)25(6)46-7/h1,13-17,21,23-25,30,33,36,39,41,48H,9-12,18-20,22H2,2-7H3. The third-order valence-corrected chi connectivity index (χ3v) is 10.5. The molecule has 5 rings (SSSR count). The van der Waals surface area contributed by atoms with Crippen molar-refractivity contribution in [3.63, 3.8) is 0 Å². The zero-order valence-electron chi connectivity index (χ0n) is 29.5. The van der Waals surface area contributed by atoms with Crippen LogP contribution in [0, 0.1) is 24.3 Å². The number of thiazole rings is 1. The van der Waals surface area contributed by atoms with Gasteiger partial charge < -0.3 is 19.4 Å². The van der Waals surface area contributed by atoms with Gasteiger partial charge in [0.1, 0.15) is 11.1 Å². The largest absolute Gasteiger partial charge is 0.375 e. The van der Waals surface area contributed by atoms with Crippen molar-refractivity contribution in [2.45, 2.75) is 78.7 Å². The molecule has 49 heavy (non-hydrogen) atoms. The first-order valence-corrected chi connectivity index (χ1v) is 18.9. The van der Waals surface area contributed by atoms with Crippen LogP contribution < -0.4 is 10.7 Å². The number of carbonyl (C=O) groups excluding carboxylic acids is 1. The Morgan fingerprint density at radius 2 is 2.04 bits per heavy atom. The number of pyridine rings is 1. The van der Waals surface area contributed by atoms with E-state index in [-0.39, 0.29) is 12.0 Å². The van der Waals surface area contributed by atoms with E-state index in [2.05, 4.69) is 84.4 Å². The smallest absolute Gasteiger partial charge is 0.244 e. The number of nitrogens with zero attached hydrogens (tertiary/aromatic N) is 4. The summed E-state index contributed by atoms with van der Waals surface area (Å²) in [6.45, 7) is 13.3. The minimum absolute atomic E-state index is 0.0672. The highest BCUT2D eigenvalue weighted by Gasteiger charge is 2.41. The zero-order chi connectivity index (χ0) is 35.1. The number of benzene rings is 1. The van der Waals surface area contributed by atoms with Gasteiger partial charge in [-0.15, -0.1) is 11.3 Å². The summed E-state index contributed by atoms with van der Waals surface area (Å²) < 4.78 is 14.5. The molecule has 4 heterocycles. The van der Waals surface area contributed by atoms with Crippen molar-refractivity contribution in [1.29, 1.82) is 0 Å². The topological polar surface area (TPSA) is 93.5 Å². The molecule has 1 aliphatic heterocycles. The number of rotatable bonds is 15. The summed E-state index contributed by atoms with van der Waals surface area (Å²) in [7, 11) is 1.73. The number of methoxy groups -OCH3 is 1. The molecule has 0 bridgehead atoms. The van der Waals surface area contributed by atoms with E-state index in [9.17, 15) is 4.79 Å². The average Bonchev–Trinajstić information content (AvgIpc) is 3.73. The van der Waals surface area contributed by atoms with Gasteiger partial charge in [0.05, 0.1) is 35.1 Å². The Bertz CT molecular complexity index is 1760. The summed E-state index contributed by atoms with van der Waals surface area (Å²) in [5.74, 6) is 0.116. The summed E-state index contributed by atoms with van der Waals surface area (Å²) >= 11 is 6.09. The van der Waals surface area contributed by atoms with E-state index in [0.29, 0.717) is 24.8 Å². The Morgan fingerprint density at radius 3 is 2.69 bits per heavy atom. The predicted molar refractivity (Wildman–Crippen MR) is 202 cm³/mol. The number of hydrogen-bond acceptors (Lipinski definition) is 9. The van der Waals surface area contributed by atoms with Crippen molar-refractivity contribution < 1.29 is 14.3 Å². The fourth-order valence-electron chi connectivity index (χ4n) is 6.87. The zero-order valence-corrected chi connectivity index (χ0v) is 31.2. The van der Waals surface area contributed by atoms with Crippen LogP contribution in [-0.4, -0.2) is 64.1 Å². The van der Waals surface area contributed by atoms with E-state index in [1.54, 1.807) is 12.1 Å². The maximum Gasteiger partial charge on any atom is 0.244 e. The third-order valence-electron chi connectivity index (χ3n) is 9.22. The Morgan fingerprint density at radius 1 is 1.22 bits per heavy atom. The molecule has 1 fully saturated rings. The number of ether oxygens (including phenoxy) is 2. The van der Waals surface area contributed by atoms with Crippen LogP contribution >= 0.6 is 24.0 Å². The second kappa shape index (κ2) is 17.0. The second-order valence-corrected chi connectivity index (χ2v) is 14.1. The molecule has 4 atom stereocenters. The number of fused-ring (bicyclic) bond motifs is 1. The van der Waals surface area contributed by atoms with Crippen LogP contribution in [0.3, 0.4) is 0 Å². The van der Waals surface area contributed by atoms with Crippen molar-refractivity contribution in [2.24, 2.45) is 11.8 Å². The number of terminal acetylenes is 1. The van der Waals surface area contributed by atoms with Gasteiger partial charge in [0.25, 0.3) is 0 Å². The normalized spacial score (nSPS) is 16.0. The molecular formula is C38H50N6O3S2. The summed E-state index contributed by atoms with van der Waals surface area (Å²) in [5.41, 5.74) is 10.8. The lowest BCUT2D eigenvalue weighted by Gasteiger charge is -2.36. The van der Waals surface area contributed by atoms with Crippen LogP contribution in [0.15, 0.2) is 41.9 Å². The van der Waals surface area contributed by atoms with Gasteiger partial charge >= 0.3 is 0 Å². The van der Waals surface area contributed by atoms with Crippen LogP contribution in [0.2, 0.25) is 0 Å². The molecule has 262 valence electrons. The molecule has 1 amide bonds. The molecule has 3 aromatic heterocycles. The predicted octanol–water partition coefficient (Wildman–Crippen LogP) is 7.05. The van der Waals surface area contributed by atoms with Crippen LogP contribution in [0.1, 0.15) is 75.9 Å². The van der Waals surface area contributed by atoms with Gasteiger partial charge in [0.15, 0.2) is 0 Å². The number of amides is 1. The summed E-state index contributed by atoms with van der Waals surface area (Å²) in [5, 5.41) is 8.76. The molecule has 9 nitrogen and oxygen atoms in total. The third kappa shape index (κ3) is 7.84. The number of carbonyl (C=O) groups is 1. The molecule has 1 aromatic carbocycles. The van der Waals surface area contributed by atoms with Gasteiger partial charge in [0.2, 0.25) is 5.91 Å². The highest BCUT2D eigenvalue weighted by Crippen LogP contribution is 2.41. The monoisotopic (exact) mass is 702 g/mol. The summed E-state index contributed by atoms with van der Waals surface area (Å²) in [6.07, 6.45) is 9.66. The van der Waals surface area contributed by atoms with Crippen LogP contribution in [-0.2, 0) is 27.2 Å². The number of aromatic nitrogens is 3. The van der Waals surface area contributed by atoms with E-state index < -0.39 is 18.1 Å². The van der Waals surface area contributed by atoms with Crippen molar-refractivity contribution in [3.05, 3.63) is 58.2 Å². The van der Waals surface area contributed by atoms with E-state index >= 15 is 0 Å². The van der Waals surface area contributed by atoms with Crippen molar-refractivity contribution in [2.75, 3.05) is 32.6 Å². The molecule has 1 aliphatic rings. The maximum absolute atomic E-state index is 14.1. The molecule has 11 heteroatoms. The molecule has 4 unspecified atom stereocenters. The van der Waals surface area contributed by atoms with Gasteiger partial charge in [-0.05, 0) is 75.8 Å². The van der Waals surface area contributed by atoms with Crippen molar-refractivity contribution in [3.8, 4) is 35.0 Å². The lowest BCUT2D eigenvalue weighted by Crippen LogP contribution is -2.55. The Hall–Kier alpha value is -3.40. The lowest BCUT2D eigenvalue weighted by molar-refractivity contribution is -0.147. The fourth-order valence-corrected chi connectivity index (χ4v) is 8.11. The molecule has 2 N–H and O–H groups in total. The number of aryl methyl sites for hydroxylation is 1.